The van der Waals surface area contributed by atoms with Crippen molar-refractivity contribution in [3.8, 4) is 0 Å². The number of carbonyl (C=O) groups excluding carboxylic acids is 1. The lowest BCUT2D eigenvalue weighted by Crippen LogP contribution is -2.47. The Balaban J connectivity index is 2.19. The highest BCUT2D eigenvalue weighted by Gasteiger charge is 2.25. The largest absolute Gasteiger partial charge is 0.394 e. The molecule has 1 unspecified atom stereocenters. The number of hydrogen-bond donors (Lipinski definition) is 2. The van der Waals surface area contributed by atoms with E-state index >= 15 is 0 Å². The van der Waals surface area contributed by atoms with Crippen LogP contribution in [0, 0.1) is 6.92 Å². The van der Waals surface area contributed by atoms with Crippen LogP contribution in [0.4, 0.5) is 5.69 Å². The second-order valence-electron chi connectivity index (χ2n) is 4.73. The molecule has 1 saturated heterocycles. The molecule has 5 heteroatoms. The van der Waals surface area contributed by atoms with Crippen molar-refractivity contribution < 1.29 is 14.6 Å². The van der Waals surface area contributed by atoms with Crippen molar-refractivity contribution in [2.75, 3.05) is 38.7 Å². The zero-order chi connectivity index (χ0) is 13.8. The van der Waals surface area contributed by atoms with Gasteiger partial charge in [-0.05, 0) is 24.6 Å². The molecule has 0 aliphatic carbocycles. The maximum absolute atomic E-state index is 12.5. The van der Waals surface area contributed by atoms with Gasteiger partial charge in [0.1, 0.15) is 0 Å². The maximum atomic E-state index is 12.5. The van der Waals surface area contributed by atoms with E-state index in [1.807, 2.05) is 25.1 Å². The Hall–Kier alpha value is -1.59. The van der Waals surface area contributed by atoms with Crippen molar-refractivity contribution in [2.24, 2.45) is 0 Å². The second kappa shape index (κ2) is 6.04. The predicted molar refractivity (Wildman–Crippen MR) is 73.5 cm³/mol. The van der Waals surface area contributed by atoms with Crippen molar-refractivity contribution in [3.05, 3.63) is 29.3 Å². The first-order valence-corrected chi connectivity index (χ1v) is 6.46. The molecule has 19 heavy (non-hydrogen) atoms. The normalized spacial score (nSPS) is 19.3. The van der Waals surface area contributed by atoms with E-state index in [9.17, 15) is 4.79 Å². The topological polar surface area (TPSA) is 61.8 Å². The Morgan fingerprint density at radius 3 is 3.05 bits per heavy atom. The number of benzene rings is 1. The fourth-order valence-electron chi connectivity index (χ4n) is 2.24. The van der Waals surface area contributed by atoms with E-state index < -0.39 is 0 Å². The summed E-state index contributed by atoms with van der Waals surface area (Å²) in [4.78, 5) is 14.2. The Labute approximate surface area is 113 Å². The van der Waals surface area contributed by atoms with Gasteiger partial charge in [0.05, 0.1) is 24.9 Å². The summed E-state index contributed by atoms with van der Waals surface area (Å²) in [7, 11) is 1.81. The van der Waals surface area contributed by atoms with Gasteiger partial charge < -0.3 is 20.1 Å². The van der Waals surface area contributed by atoms with Gasteiger partial charge in [0.25, 0.3) is 5.91 Å². The van der Waals surface area contributed by atoms with Gasteiger partial charge in [-0.2, -0.15) is 0 Å². The molecule has 1 aliphatic rings. The van der Waals surface area contributed by atoms with Crippen LogP contribution in [0.1, 0.15) is 15.9 Å². The van der Waals surface area contributed by atoms with Gasteiger partial charge in [0, 0.05) is 25.8 Å². The summed E-state index contributed by atoms with van der Waals surface area (Å²) in [6, 6.07) is 5.72. The number of nitrogens with zero attached hydrogens (tertiary/aromatic N) is 1. The maximum Gasteiger partial charge on any atom is 0.256 e. The number of aliphatic hydroxyl groups is 1. The molecule has 1 atom stereocenters. The van der Waals surface area contributed by atoms with Gasteiger partial charge in [-0.3, -0.25) is 4.79 Å². The summed E-state index contributed by atoms with van der Waals surface area (Å²) >= 11 is 0. The number of nitrogens with one attached hydrogen (secondary N) is 1. The summed E-state index contributed by atoms with van der Waals surface area (Å²) in [5, 5.41) is 12.2. The molecule has 0 spiro atoms. The van der Waals surface area contributed by atoms with Crippen LogP contribution in [0.3, 0.4) is 0 Å². The standard InChI is InChI=1S/C14H20N2O3/c1-10-3-4-12(13(7-10)15-2)14(18)16-5-6-19-11(8-16)9-17/h3-4,7,11,15,17H,5-6,8-9H2,1-2H3. The number of anilines is 1. The van der Waals surface area contributed by atoms with Crippen LogP contribution in [0.15, 0.2) is 18.2 Å². The summed E-state index contributed by atoms with van der Waals surface area (Å²) < 4.78 is 5.36. The van der Waals surface area contributed by atoms with Gasteiger partial charge in [-0.25, -0.2) is 0 Å². The van der Waals surface area contributed by atoms with Crippen LogP contribution in [-0.2, 0) is 4.74 Å². The predicted octanol–water partition coefficient (Wildman–Crippen LogP) is 0.870. The van der Waals surface area contributed by atoms with Gasteiger partial charge in [-0.1, -0.05) is 6.07 Å². The van der Waals surface area contributed by atoms with Gasteiger partial charge >= 0.3 is 0 Å². The van der Waals surface area contributed by atoms with E-state index in [1.54, 1.807) is 11.9 Å². The first-order valence-electron chi connectivity index (χ1n) is 6.46. The molecular weight excluding hydrogens is 244 g/mol. The number of aliphatic hydroxyl groups excluding tert-OH is 1. The molecule has 1 fully saturated rings. The molecule has 104 valence electrons. The first-order chi connectivity index (χ1) is 9.15. The molecule has 1 aromatic carbocycles. The van der Waals surface area contributed by atoms with E-state index in [1.165, 1.54) is 0 Å². The minimum absolute atomic E-state index is 0.0221. The lowest BCUT2D eigenvalue weighted by molar-refractivity contribution is -0.0447. The van der Waals surface area contributed by atoms with E-state index in [4.69, 9.17) is 9.84 Å². The highest BCUT2D eigenvalue weighted by Crippen LogP contribution is 2.20. The Bertz CT molecular complexity index is 462. The van der Waals surface area contributed by atoms with Crippen LogP contribution in [0.25, 0.3) is 0 Å². The second-order valence-corrected chi connectivity index (χ2v) is 4.73. The van der Waals surface area contributed by atoms with Crippen LogP contribution in [-0.4, -0.2) is 55.4 Å². The van der Waals surface area contributed by atoms with Crippen molar-refractivity contribution in [1.29, 1.82) is 0 Å². The van der Waals surface area contributed by atoms with Gasteiger partial charge in [-0.15, -0.1) is 0 Å². The van der Waals surface area contributed by atoms with E-state index in [-0.39, 0.29) is 18.6 Å². The SMILES string of the molecule is CNc1cc(C)ccc1C(=O)N1CCOC(CO)C1. The minimum Gasteiger partial charge on any atom is -0.394 e. The summed E-state index contributed by atoms with van der Waals surface area (Å²) in [6.07, 6.45) is -0.277. The molecule has 1 amide bonds. The lowest BCUT2D eigenvalue weighted by atomic mass is 10.1. The summed E-state index contributed by atoms with van der Waals surface area (Å²) in [5.41, 5.74) is 2.60. The third-order valence-corrected chi connectivity index (χ3v) is 3.30. The quantitative estimate of drug-likeness (QED) is 0.850. The number of carbonyl (C=O) groups is 1. The monoisotopic (exact) mass is 264 g/mol. The molecule has 0 radical (unpaired) electrons. The number of ether oxygens (including phenoxy) is 1. The summed E-state index contributed by atoms with van der Waals surface area (Å²) in [6.45, 7) is 3.40. The van der Waals surface area contributed by atoms with E-state index in [0.717, 1.165) is 11.3 Å². The number of rotatable bonds is 3. The van der Waals surface area contributed by atoms with E-state index in [2.05, 4.69) is 5.32 Å². The smallest absolute Gasteiger partial charge is 0.256 e. The minimum atomic E-state index is -0.277. The fraction of sp³-hybridized carbons (Fsp3) is 0.500. The molecule has 2 N–H and O–H groups in total. The highest BCUT2D eigenvalue weighted by atomic mass is 16.5. The first kappa shape index (κ1) is 13.8. The Kier molecular flexibility index (Phi) is 4.39. The fourth-order valence-corrected chi connectivity index (χ4v) is 2.24. The number of aryl methyl sites for hydroxylation is 1. The third kappa shape index (κ3) is 3.05. The van der Waals surface area contributed by atoms with Crippen molar-refractivity contribution in [1.82, 2.24) is 4.90 Å². The van der Waals surface area contributed by atoms with Crippen molar-refractivity contribution in [3.63, 3.8) is 0 Å². The molecule has 1 aliphatic heterocycles. The zero-order valence-corrected chi connectivity index (χ0v) is 11.3. The van der Waals surface area contributed by atoms with E-state index in [0.29, 0.717) is 25.3 Å². The lowest BCUT2D eigenvalue weighted by Gasteiger charge is -2.32. The summed E-state index contributed by atoms with van der Waals surface area (Å²) in [5.74, 6) is -0.0221. The van der Waals surface area contributed by atoms with Crippen molar-refractivity contribution in [2.45, 2.75) is 13.0 Å². The molecule has 5 nitrogen and oxygen atoms in total. The number of hydrogen-bond acceptors (Lipinski definition) is 4. The van der Waals surface area contributed by atoms with Crippen LogP contribution in [0.2, 0.25) is 0 Å². The molecule has 2 rings (SSSR count). The van der Waals surface area contributed by atoms with Crippen LogP contribution >= 0.6 is 0 Å². The van der Waals surface area contributed by atoms with Crippen LogP contribution < -0.4 is 5.32 Å². The van der Waals surface area contributed by atoms with Crippen LogP contribution in [0.5, 0.6) is 0 Å². The van der Waals surface area contributed by atoms with Gasteiger partial charge in [0.2, 0.25) is 0 Å². The zero-order valence-electron chi connectivity index (χ0n) is 11.3. The number of morpholine rings is 1. The molecule has 0 bridgehead atoms. The third-order valence-electron chi connectivity index (χ3n) is 3.30. The molecule has 0 saturated carbocycles. The average molecular weight is 264 g/mol. The van der Waals surface area contributed by atoms with Crippen molar-refractivity contribution >= 4 is 11.6 Å². The molecule has 1 aromatic rings. The molecular formula is C14H20N2O3. The number of amides is 1. The Morgan fingerprint density at radius 2 is 2.37 bits per heavy atom. The average Bonchev–Trinajstić information content (AvgIpc) is 2.46. The highest BCUT2D eigenvalue weighted by molar-refractivity contribution is 5.99. The molecule has 0 aromatic heterocycles. The molecule has 1 heterocycles. The Morgan fingerprint density at radius 1 is 1.58 bits per heavy atom. The van der Waals surface area contributed by atoms with Gasteiger partial charge in [0.15, 0.2) is 0 Å².